The van der Waals surface area contributed by atoms with Gasteiger partial charge in [0, 0.05) is 34.7 Å². The number of likely N-dealkylation sites (tertiary alicyclic amines) is 1. The Hall–Kier alpha value is -2.40. The van der Waals surface area contributed by atoms with E-state index in [9.17, 15) is 9.59 Å². The van der Waals surface area contributed by atoms with Gasteiger partial charge in [0.15, 0.2) is 0 Å². The highest BCUT2D eigenvalue weighted by molar-refractivity contribution is 7.12. The van der Waals surface area contributed by atoms with Crippen LogP contribution in [0.3, 0.4) is 0 Å². The topological polar surface area (TPSA) is 42.3 Å². The van der Waals surface area contributed by atoms with Crippen molar-refractivity contribution in [2.24, 2.45) is 0 Å². The number of carbonyl (C=O) groups is 2. The molecule has 3 heterocycles. The van der Waals surface area contributed by atoms with Crippen LogP contribution >= 0.6 is 11.3 Å². The number of aromatic nitrogens is 1. The molecule has 5 heteroatoms. The van der Waals surface area contributed by atoms with E-state index in [1.807, 2.05) is 57.4 Å². The Labute approximate surface area is 163 Å². The molecular formula is C22H24N2O2S. The molecule has 0 radical (unpaired) electrons. The lowest BCUT2D eigenvalue weighted by molar-refractivity contribution is -0.137. The monoisotopic (exact) mass is 380 g/mol. The number of piperidine rings is 1. The molecule has 1 aliphatic rings. The van der Waals surface area contributed by atoms with Crippen LogP contribution < -0.4 is 0 Å². The van der Waals surface area contributed by atoms with Crippen molar-refractivity contribution in [3.8, 4) is 0 Å². The molecule has 2 aromatic heterocycles. The molecule has 140 valence electrons. The van der Waals surface area contributed by atoms with Crippen LogP contribution in [-0.4, -0.2) is 33.2 Å². The molecule has 1 fully saturated rings. The summed E-state index contributed by atoms with van der Waals surface area (Å²) in [6.07, 6.45) is 5.15. The van der Waals surface area contributed by atoms with Crippen LogP contribution in [0.1, 0.15) is 48.3 Å². The molecule has 27 heavy (non-hydrogen) atoms. The molecule has 0 saturated carbocycles. The molecule has 1 saturated heterocycles. The molecule has 2 atom stereocenters. The Bertz CT molecular complexity index is 964. The van der Waals surface area contributed by atoms with Crippen molar-refractivity contribution in [3.05, 3.63) is 58.4 Å². The molecule has 0 unspecified atom stereocenters. The van der Waals surface area contributed by atoms with Gasteiger partial charge in [0.1, 0.15) is 6.54 Å². The minimum absolute atomic E-state index is 0.0205. The molecule has 4 nitrogen and oxygen atoms in total. The maximum atomic E-state index is 13.1. The van der Waals surface area contributed by atoms with Gasteiger partial charge in [0.05, 0.1) is 4.88 Å². The Balaban J connectivity index is 1.68. The van der Waals surface area contributed by atoms with Crippen LogP contribution in [-0.2, 0) is 11.3 Å². The Morgan fingerprint density at radius 1 is 1.07 bits per heavy atom. The first-order valence-corrected chi connectivity index (χ1v) is 10.4. The summed E-state index contributed by atoms with van der Waals surface area (Å²) in [5, 5.41) is 2.82. The Morgan fingerprint density at radius 2 is 1.81 bits per heavy atom. The van der Waals surface area contributed by atoms with Gasteiger partial charge in [-0.2, -0.15) is 0 Å². The fraction of sp³-hybridized carbons (Fsp3) is 0.364. The predicted molar refractivity (Wildman–Crippen MR) is 109 cm³/mol. The first-order valence-electron chi connectivity index (χ1n) is 9.53. The quantitative estimate of drug-likeness (QED) is 0.615. The van der Waals surface area contributed by atoms with E-state index in [2.05, 4.69) is 13.8 Å². The van der Waals surface area contributed by atoms with E-state index in [1.54, 1.807) is 0 Å². The number of carbonyl (C=O) groups excluding carboxylic acids is 2. The number of benzene rings is 1. The second-order valence-corrected chi connectivity index (χ2v) is 8.37. The third kappa shape index (κ3) is 3.32. The van der Waals surface area contributed by atoms with Crippen molar-refractivity contribution in [2.45, 2.75) is 51.7 Å². The van der Waals surface area contributed by atoms with E-state index in [0.717, 1.165) is 28.6 Å². The van der Waals surface area contributed by atoms with Gasteiger partial charge in [-0.1, -0.05) is 24.3 Å². The zero-order chi connectivity index (χ0) is 19.0. The maximum absolute atomic E-state index is 13.1. The summed E-state index contributed by atoms with van der Waals surface area (Å²) in [5.41, 5.74) is 1.60. The molecule has 4 rings (SSSR count). The van der Waals surface area contributed by atoms with Crippen molar-refractivity contribution in [3.63, 3.8) is 0 Å². The van der Waals surface area contributed by atoms with Crippen molar-refractivity contribution in [1.82, 2.24) is 9.47 Å². The first-order chi connectivity index (χ1) is 13.1. The van der Waals surface area contributed by atoms with Gasteiger partial charge in [-0.05, 0) is 50.6 Å². The molecular weight excluding hydrogens is 356 g/mol. The average Bonchev–Trinajstić information content (AvgIpc) is 3.30. The lowest BCUT2D eigenvalue weighted by atomic mass is 9.97. The highest BCUT2D eigenvalue weighted by Crippen LogP contribution is 2.27. The molecule has 1 aliphatic heterocycles. The number of nitrogens with zero attached hydrogens (tertiary/aromatic N) is 2. The van der Waals surface area contributed by atoms with Crippen LogP contribution in [0.25, 0.3) is 10.9 Å². The molecule has 1 amide bonds. The second-order valence-electron chi connectivity index (χ2n) is 7.42. The van der Waals surface area contributed by atoms with Gasteiger partial charge >= 0.3 is 0 Å². The van der Waals surface area contributed by atoms with Gasteiger partial charge < -0.3 is 9.47 Å². The summed E-state index contributed by atoms with van der Waals surface area (Å²) in [4.78, 5) is 28.7. The average molecular weight is 381 g/mol. The third-order valence-corrected chi connectivity index (χ3v) is 6.43. The number of para-hydroxylation sites is 1. The Kier molecular flexibility index (Phi) is 4.87. The zero-order valence-electron chi connectivity index (χ0n) is 15.7. The second kappa shape index (κ2) is 7.31. The van der Waals surface area contributed by atoms with Gasteiger partial charge in [-0.15, -0.1) is 11.3 Å². The summed E-state index contributed by atoms with van der Waals surface area (Å²) in [6, 6.07) is 12.1. The SMILES string of the molecule is C[C@@H]1CCC[C@@H](C)N1C(=O)Cn1cc(C(=O)c2cccs2)c2ccccc21. The highest BCUT2D eigenvalue weighted by Gasteiger charge is 2.29. The summed E-state index contributed by atoms with van der Waals surface area (Å²) in [5.74, 6) is 0.151. The number of hydrogen-bond acceptors (Lipinski definition) is 3. The van der Waals surface area contributed by atoms with Crippen LogP contribution in [0.5, 0.6) is 0 Å². The molecule has 3 aromatic rings. The summed E-state index contributed by atoms with van der Waals surface area (Å²) in [6.45, 7) is 4.53. The van der Waals surface area contributed by atoms with Gasteiger partial charge in [0.2, 0.25) is 11.7 Å². The van der Waals surface area contributed by atoms with E-state index in [1.165, 1.54) is 17.8 Å². The lowest BCUT2D eigenvalue weighted by Crippen LogP contribution is -2.48. The number of amides is 1. The summed E-state index contributed by atoms with van der Waals surface area (Å²) < 4.78 is 1.94. The molecule has 0 aliphatic carbocycles. The number of rotatable bonds is 4. The summed E-state index contributed by atoms with van der Waals surface area (Å²) in [7, 11) is 0. The fourth-order valence-corrected chi connectivity index (χ4v) is 4.92. The Morgan fingerprint density at radius 3 is 2.52 bits per heavy atom. The third-order valence-electron chi connectivity index (χ3n) is 5.57. The normalized spacial score (nSPS) is 20.1. The van der Waals surface area contributed by atoms with E-state index >= 15 is 0 Å². The van der Waals surface area contributed by atoms with E-state index < -0.39 is 0 Å². The molecule has 1 aromatic carbocycles. The zero-order valence-corrected chi connectivity index (χ0v) is 16.5. The minimum atomic E-state index is 0.0205. The van der Waals surface area contributed by atoms with Crippen LogP contribution in [0.4, 0.5) is 0 Å². The van der Waals surface area contributed by atoms with E-state index in [0.29, 0.717) is 5.56 Å². The van der Waals surface area contributed by atoms with Crippen molar-refractivity contribution < 1.29 is 9.59 Å². The van der Waals surface area contributed by atoms with Gasteiger partial charge in [-0.25, -0.2) is 0 Å². The number of thiophene rings is 1. The van der Waals surface area contributed by atoms with Crippen molar-refractivity contribution >= 4 is 33.9 Å². The van der Waals surface area contributed by atoms with Crippen LogP contribution in [0.2, 0.25) is 0 Å². The number of fused-ring (bicyclic) bond motifs is 1. The first kappa shape index (κ1) is 18.0. The largest absolute Gasteiger partial charge is 0.337 e. The van der Waals surface area contributed by atoms with Crippen molar-refractivity contribution in [2.75, 3.05) is 0 Å². The van der Waals surface area contributed by atoms with Crippen molar-refractivity contribution in [1.29, 1.82) is 0 Å². The van der Waals surface area contributed by atoms with Crippen LogP contribution in [0, 0.1) is 0 Å². The fourth-order valence-electron chi connectivity index (χ4n) is 4.24. The molecule has 0 N–H and O–H groups in total. The predicted octanol–water partition coefficient (Wildman–Crippen LogP) is 4.72. The standard InChI is InChI=1S/C22H24N2O2S/c1-15-7-5-8-16(2)24(15)21(25)14-23-13-18(17-9-3-4-10-19(17)23)22(26)20-11-6-12-27-20/h3-4,6,9-13,15-16H,5,7-8,14H2,1-2H3/t15-,16-/m1/s1. The number of hydrogen-bond donors (Lipinski definition) is 0. The smallest absolute Gasteiger partial charge is 0.242 e. The van der Waals surface area contributed by atoms with E-state index in [-0.39, 0.29) is 30.3 Å². The molecule has 0 spiro atoms. The van der Waals surface area contributed by atoms with Gasteiger partial charge in [0.25, 0.3) is 0 Å². The summed E-state index contributed by atoms with van der Waals surface area (Å²) >= 11 is 1.45. The van der Waals surface area contributed by atoms with E-state index in [4.69, 9.17) is 0 Å². The maximum Gasteiger partial charge on any atom is 0.242 e. The van der Waals surface area contributed by atoms with Gasteiger partial charge in [-0.3, -0.25) is 9.59 Å². The van der Waals surface area contributed by atoms with Crippen LogP contribution in [0.15, 0.2) is 48.0 Å². The highest BCUT2D eigenvalue weighted by atomic mass is 32.1. The number of ketones is 1. The lowest BCUT2D eigenvalue weighted by Gasteiger charge is -2.39. The minimum Gasteiger partial charge on any atom is -0.337 e. The molecule has 0 bridgehead atoms.